The number of anilines is 1. The van der Waals surface area contributed by atoms with Crippen molar-refractivity contribution in [2.75, 3.05) is 65.1 Å². The van der Waals surface area contributed by atoms with Crippen LogP contribution in [0.1, 0.15) is 74.9 Å². The fraction of sp³-hybridized carbons (Fsp3) is 0.605. The Labute approximate surface area is 281 Å². The molecule has 9 heteroatoms. The summed E-state index contributed by atoms with van der Waals surface area (Å²) in [5, 5.41) is 3.21. The van der Waals surface area contributed by atoms with Gasteiger partial charge in [-0.25, -0.2) is 4.79 Å². The standard InChI is InChI=1S/C38H54N4O5/c1-8-38(26(2)21-27(3)42(6,7)37(38)45)25-39-36(44)34-22-32(31-11-9-30(10-12-31)24-40-15-19-47-20-16-40)23-35(28(34)4)41(29(5)43)33-13-17-46-18-14-33/h9-12,22-23,26-27,33H,8,13-21,24-25H2,1-7H3/p+1. The maximum atomic E-state index is 14.2. The molecule has 0 saturated carbocycles. The number of ether oxygens (including phenoxy) is 2. The normalized spacial score (nSPS) is 25.4. The van der Waals surface area contributed by atoms with Crippen molar-refractivity contribution >= 4 is 23.4 Å². The summed E-state index contributed by atoms with van der Waals surface area (Å²) in [5.41, 5.74) is 4.47. The van der Waals surface area contributed by atoms with Crippen LogP contribution in [-0.4, -0.2) is 99.3 Å². The second kappa shape index (κ2) is 14.6. The van der Waals surface area contributed by atoms with Crippen molar-refractivity contribution < 1.29 is 28.3 Å². The smallest absolute Gasteiger partial charge is 0.321 e. The van der Waals surface area contributed by atoms with E-state index in [2.05, 4.69) is 61.3 Å². The van der Waals surface area contributed by atoms with Gasteiger partial charge in [-0.2, -0.15) is 0 Å². The third-order valence-electron chi connectivity index (χ3n) is 11.5. The highest BCUT2D eigenvalue weighted by atomic mass is 16.5. The second-order valence-electron chi connectivity index (χ2n) is 14.5. The molecule has 256 valence electrons. The van der Waals surface area contributed by atoms with E-state index in [-0.39, 0.29) is 42.3 Å². The predicted octanol–water partition coefficient (Wildman–Crippen LogP) is 5.18. The average Bonchev–Trinajstić information content (AvgIpc) is 3.06. The number of quaternary nitrogens is 1. The molecule has 0 spiro atoms. The number of nitrogens with zero attached hydrogens (tertiary/aromatic N) is 3. The SMILES string of the molecule is CCC1(CNC(=O)c2cc(-c3ccc(CN4CCOCC4)cc3)cc(N(C(C)=O)C3CCOCC3)c2C)C(=O)[N+](C)(C)C(C)CC1C. The molecule has 3 aliphatic heterocycles. The summed E-state index contributed by atoms with van der Waals surface area (Å²) in [4.78, 5) is 45.7. The number of carbonyl (C=O) groups is 3. The summed E-state index contributed by atoms with van der Waals surface area (Å²) in [6, 6.07) is 12.7. The number of piperidine rings is 1. The van der Waals surface area contributed by atoms with Gasteiger partial charge in [0.1, 0.15) is 5.41 Å². The first-order chi connectivity index (χ1) is 22.4. The highest BCUT2D eigenvalue weighted by Gasteiger charge is 2.56. The Hall–Kier alpha value is -3.11. The van der Waals surface area contributed by atoms with Gasteiger partial charge in [0.25, 0.3) is 5.91 Å². The van der Waals surface area contributed by atoms with Crippen LogP contribution in [0.5, 0.6) is 0 Å². The zero-order chi connectivity index (χ0) is 33.9. The Kier molecular flexibility index (Phi) is 10.9. The van der Waals surface area contributed by atoms with Crippen LogP contribution in [0.3, 0.4) is 0 Å². The van der Waals surface area contributed by atoms with Crippen LogP contribution in [-0.2, 0) is 25.6 Å². The molecule has 0 aliphatic carbocycles. The highest BCUT2D eigenvalue weighted by molar-refractivity contribution is 6.02. The topological polar surface area (TPSA) is 88.2 Å². The van der Waals surface area contributed by atoms with Crippen LogP contribution in [0.4, 0.5) is 5.69 Å². The summed E-state index contributed by atoms with van der Waals surface area (Å²) in [6.07, 6.45) is 3.06. The largest absolute Gasteiger partial charge is 0.381 e. The summed E-state index contributed by atoms with van der Waals surface area (Å²) in [5.74, 6) is 0.0473. The van der Waals surface area contributed by atoms with E-state index >= 15 is 0 Å². The Morgan fingerprint density at radius 1 is 1.00 bits per heavy atom. The van der Waals surface area contributed by atoms with Crippen molar-refractivity contribution in [3.63, 3.8) is 0 Å². The first-order valence-corrected chi connectivity index (χ1v) is 17.5. The zero-order valence-corrected chi connectivity index (χ0v) is 29.6. The van der Waals surface area contributed by atoms with Gasteiger partial charge in [0.05, 0.1) is 33.4 Å². The lowest BCUT2D eigenvalue weighted by Gasteiger charge is -2.50. The van der Waals surface area contributed by atoms with Crippen molar-refractivity contribution in [1.29, 1.82) is 0 Å². The summed E-state index contributed by atoms with van der Waals surface area (Å²) in [6.45, 7) is 15.6. The van der Waals surface area contributed by atoms with Crippen molar-refractivity contribution in [1.82, 2.24) is 10.2 Å². The third-order valence-corrected chi connectivity index (χ3v) is 11.5. The Bertz CT molecular complexity index is 1440. The molecular formula is C38H55N4O5+. The van der Waals surface area contributed by atoms with Crippen LogP contribution in [0.15, 0.2) is 36.4 Å². The van der Waals surface area contributed by atoms with Gasteiger partial charge < -0.3 is 19.7 Å². The molecule has 0 aromatic heterocycles. The number of likely N-dealkylation sites (tertiary alicyclic amines) is 1. The molecule has 0 bridgehead atoms. The average molecular weight is 648 g/mol. The van der Waals surface area contributed by atoms with Crippen molar-refractivity contribution in [2.45, 2.75) is 78.9 Å². The molecule has 3 saturated heterocycles. The van der Waals surface area contributed by atoms with E-state index in [0.717, 1.165) is 74.5 Å². The van der Waals surface area contributed by atoms with E-state index in [1.54, 1.807) is 6.92 Å². The van der Waals surface area contributed by atoms with Gasteiger partial charge in [0, 0.05) is 70.0 Å². The molecule has 3 fully saturated rings. The van der Waals surface area contributed by atoms with Crippen LogP contribution in [0.2, 0.25) is 0 Å². The number of amides is 3. The van der Waals surface area contributed by atoms with Gasteiger partial charge in [-0.1, -0.05) is 38.1 Å². The Balaban J connectivity index is 1.50. The molecule has 3 unspecified atom stereocenters. The van der Waals surface area contributed by atoms with E-state index in [9.17, 15) is 14.4 Å². The molecule has 9 nitrogen and oxygen atoms in total. The molecule has 2 aromatic carbocycles. The van der Waals surface area contributed by atoms with E-state index in [4.69, 9.17) is 9.47 Å². The summed E-state index contributed by atoms with van der Waals surface area (Å²) in [7, 11) is 3.98. The van der Waals surface area contributed by atoms with Crippen molar-refractivity contribution in [3.05, 3.63) is 53.1 Å². The van der Waals surface area contributed by atoms with Gasteiger partial charge in [-0.05, 0) is 73.4 Å². The Morgan fingerprint density at radius 3 is 2.26 bits per heavy atom. The summed E-state index contributed by atoms with van der Waals surface area (Å²) >= 11 is 0. The predicted molar refractivity (Wildman–Crippen MR) is 185 cm³/mol. The maximum absolute atomic E-state index is 14.2. The first kappa shape index (κ1) is 35.2. The van der Waals surface area contributed by atoms with E-state index in [1.165, 1.54) is 5.56 Å². The van der Waals surface area contributed by atoms with Crippen LogP contribution in [0, 0.1) is 18.3 Å². The molecule has 5 rings (SSSR count). The first-order valence-electron chi connectivity index (χ1n) is 17.5. The monoisotopic (exact) mass is 647 g/mol. The third kappa shape index (κ3) is 7.19. The lowest BCUT2D eigenvalue weighted by Crippen LogP contribution is -2.66. The lowest BCUT2D eigenvalue weighted by atomic mass is 9.66. The molecule has 2 aromatic rings. The molecular weight excluding hydrogens is 592 g/mol. The molecule has 3 amide bonds. The fourth-order valence-corrected chi connectivity index (χ4v) is 7.93. The minimum atomic E-state index is -0.649. The van der Waals surface area contributed by atoms with Crippen LogP contribution >= 0.6 is 0 Å². The van der Waals surface area contributed by atoms with Gasteiger partial charge in [-0.3, -0.25) is 19.0 Å². The van der Waals surface area contributed by atoms with Crippen LogP contribution in [0.25, 0.3) is 11.1 Å². The number of hydrogen-bond acceptors (Lipinski definition) is 6. The second-order valence-corrected chi connectivity index (χ2v) is 14.5. The zero-order valence-electron chi connectivity index (χ0n) is 29.6. The molecule has 3 heterocycles. The van der Waals surface area contributed by atoms with Gasteiger partial charge in [0.15, 0.2) is 0 Å². The summed E-state index contributed by atoms with van der Waals surface area (Å²) < 4.78 is 11.4. The van der Waals surface area contributed by atoms with E-state index in [1.807, 2.05) is 32.0 Å². The van der Waals surface area contributed by atoms with Crippen molar-refractivity contribution in [2.24, 2.45) is 11.3 Å². The molecule has 3 atom stereocenters. The Morgan fingerprint density at radius 2 is 1.64 bits per heavy atom. The van der Waals surface area contributed by atoms with E-state index in [0.29, 0.717) is 29.7 Å². The van der Waals surface area contributed by atoms with E-state index < -0.39 is 5.41 Å². The van der Waals surface area contributed by atoms with Gasteiger partial charge >= 0.3 is 5.91 Å². The van der Waals surface area contributed by atoms with Crippen LogP contribution < -0.4 is 10.2 Å². The number of carbonyl (C=O) groups excluding carboxylic acids is 3. The molecule has 47 heavy (non-hydrogen) atoms. The minimum Gasteiger partial charge on any atom is -0.381 e. The lowest BCUT2D eigenvalue weighted by molar-refractivity contribution is -0.848. The van der Waals surface area contributed by atoms with Gasteiger partial charge in [-0.15, -0.1) is 0 Å². The molecule has 3 aliphatic rings. The minimum absolute atomic E-state index is 0.00642. The van der Waals surface area contributed by atoms with Gasteiger partial charge in [0.2, 0.25) is 5.91 Å². The van der Waals surface area contributed by atoms with Crippen molar-refractivity contribution in [3.8, 4) is 11.1 Å². The highest BCUT2D eigenvalue weighted by Crippen LogP contribution is 2.44. The number of rotatable bonds is 9. The quantitative estimate of drug-likeness (QED) is 0.378. The molecule has 0 radical (unpaired) electrons. The fourth-order valence-electron chi connectivity index (χ4n) is 7.93. The maximum Gasteiger partial charge on any atom is 0.321 e. The number of hydrogen-bond donors (Lipinski definition) is 1. The molecule has 1 N–H and O–H groups in total. The number of benzene rings is 2. The number of morpholine rings is 1. The number of nitrogens with one attached hydrogen (secondary N) is 1.